The van der Waals surface area contributed by atoms with Crippen LogP contribution in [0.25, 0.3) is 0 Å². The quantitative estimate of drug-likeness (QED) is 0.606. The van der Waals surface area contributed by atoms with Crippen molar-refractivity contribution in [3.63, 3.8) is 0 Å². The molecular weight excluding hydrogens is 260 g/mol. The van der Waals surface area contributed by atoms with Gasteiger partial charge < -0.3 is 14.2 Å². The molecule has 1 aliphatic carbocycles. The molecule has 20 heavy (non-hydrogen) atoms. The molecular formula is C15H16O5. The number of esters is 1. The number of rotatable bonds is 2. The van der Waals surface area contributed by atoms with E-state index in [9.17, 15) is 9.59 Å². The molecule has 5 heteroatoms. The minimum atomic E-state index is -1.28. The van der Waals surface area contributed by atoms with E-state index < -0.39 is 23.1 Å². The predicted octanol–water partition coefficient (Wildman–Crippen LogP) is 1.60. The number of carbonyl (C=O) groups is 2. The third kappa shape index (κ3) is 1.36. The van der Waals surface area contributed by atoms with E-state index in [-0.39, 0.29) is 12.2 Å². The summed E-state index contributed by atoms with van der Waals surface area (Å²) < 4.78 is 16.2. The van der Waals surface area contributed by atoms with Crippen LogP contribution < -0.4 is 4.74 Å². The third-order valence-corrected chi connectivity index (χ3v) is 4.43. The van der Waals surface area contributed by atoms with Crippen LogP contribution in [0.2, 0.25) is 0 Å². The summed E-state index contributed by atoms with van der Waals surface area (Å²) in [5.41, 5.74) is -1.53. The molecule has 0 radical (unpaired) electrons. The lowest BCUT2D eigenvalue weighted by atomic mass is 9.53. The average Bonchev–Trinajstić information content (AvgIpc) is 2.48. The number of Topliss-reactive ketones (excluding diaryl/α,β-unsaturated/α-hetero) is 1. The SMILES string of the molecule is COC(=O)C12CC(C)(OC)C1Oc1ccccc1C2=O. The molecule has 0 spiro atoms. The first kappa shape index (κ1) is 13.1. The molecule has 1 aliphatic heterocycles. The lowest BCUT2D eigenvalue weighted by Crippen LogP contribution is -2.74. The maximum atomic E-state index is 12.8. The van der Waals surface area contributed by atoms with Gasteiger partial charge in [0, 0.05) is 13.5 Å². The summed E-state index contributed by atoms with van der Waals surface area (Å²) in [6.07, 6.45) is -0.393. The molecule has 0 N–H and O–H groups in total. The number of hydrogen-bond donors (Lipinski definition) is 0. The maximum absolute atomic E-state index is 12.8. The zero-order valence-corrected chi connectivity index (χ0v) is 11.6. The van der Waals surface area contributed by atoms with Crippen molar-refractivity contribution in [1.82, 2.24) is 0 Å². The number of benzene rings is 1. The van der Waals surface area contributed by atoms with Crippen LogP contribution in [-0.4, -0.2) is 37.7 Å². The van der Waals surface area contributed by atoms with Crippen LogP contribution in [0.3, 0.4) is 0 Å². The van der Waals surface area contributed by atoms with Gasteiger partial charge in [0.05, 0.1) is 12.7 Å². The standard InChI is InChI=1S/C15H16O5/c1-14(19-3)8-15(13(17)18-2)11(16)9-6-4-5-7-10(9)20-12(14)15/h4-7,12H,8H2,1-3H3. The Bertz CT molecular complexity index is 596. The fraction of sp³-hybridized carbons (Fsp3) is 0.467. The Kier molecular flexibility index (Phi) is 2.66. The van der Waals surface area contributed by atoms with Crippen LogP contribution >= 0.6 is 0 Å². The van der Waals surface area contributed by atoms with Gasteiger partial charge in [-0.1, -0.05) is 12.1 Å². The molecule has 1 aromatic rings. The third-order valence-electron chi connectivity index (χ3n) is 4.43. The van der Waals surface area contributed by atoms with E-state index in [1.165, 1.54) is 7.11 Å². The van der Waals surface area contributed by atoms with Crippen LogP contribution in [0.1, 0.15) is 23.7 Å². The van der Waals surface area contributed by atoms with Crippen molar-refractivity contribution < 1.29 is 23.8 Å². The molecule has 3 rings (SSSR count). The summed E-state index contributed by atoms with van der Waals surface area (Å²) in [5.74, 6) is -0.313. The van der Waals surface area contributed by atoms with Crippen molar-refractivity contribution in [1.29, 1.82) is 0 Å². The van der Waals surface area contributed by atoms with Gasteiger partial charge in [0.25, 0.3) is 0 Å². The number of ether oxygens (including phenoxy) is 3. The van der Waals surface area contributed by atoms with E-state index in [0.717, 1.165) is 0 Å². The lowest BCUT2D eigenvalue weighted by Gasteiger charge is -2.58. The van der Waals surface area contributed by atoms with Crippen LogP contribution in [0.15, 0.2) is 24.3 Å². The highest BCUT2D eigenvalue weighted by atomic mass is 16.6. The van der Waals surface area contributed by atoms with Crippen molar-refractivity contribution in [3.05, 3.63) is 29.8 Å². The van der Waals surface area contributed by atoms with E-state index in [1.54, 1.807) is 31.4 Å². The van der Waals surface area contributed by atoms with E-state index in [1.807, 2.05) is 6.92 Å². The van der Waals surface area contributed by atoms with Gasteiger partial charge in [-0.2, -0.15) is 0 Å². The first-order chi connectivity index (χ1) is 9.49. The number of fused-ring (bicyclic) bond motifs is 2. The van der Waals surface area contributed by atoms with E-state index in [2.05, 4.69) is 0 Å². The maximum Gasteiger partial charge on any atom is 0.323 e. The summed E-state index contributed by atoms with van der Waals surface area (Å²) in [4.78, 5) is 25.0. The topological polar surface area (TPSA) is 61.8 Å². The molecule has 0 bridgehead atoms. The average molecular weight is 276 g/mol. The van der Waals surface area contributed by atoms with Gasteiger partial charge in [0.1, 0.15) is 11.4 Å². The van der Waals surface area contributed by atoms with Gasteiger partial charge in [0.2, 0.25) is 0 Å². The summed E-state index contributed by atoms with van der Waals surface area (Å²) in [5, 5.41) is 0. The van der Waals surface area contributed by atoms with Gasteiger partial charge in [-0.25, -0.2) is 0 Å². The number of carbonyl (C=O) groups excluding carboxylic acids is 2. The van der Waals surface area contributed by atoms with Crippen molar-refractivity contribution in [2.45, 2.75) is 25.0 Å². The molecule has 1 aromatic carbocycles. The normalized spacial score (nSPS) is 34.4. The minimum Gasteiger partial charge on any atom is -0.485 e. The van der Waals surface area contributed by atoms with E-state index >= 15 is 0 Å². The molecule has 3 atom stereocenters. The van der Waals surface area contributed by atoms with Gasteiger partial charge in [-0.3, -0.25) is 9.59 Å². The molecule has 2 aliphatic rings. The smallest absolute Gasteiger partial charge is 0.323 e. The Morgan fingerprint density at radius 2 is 2.05 bits per heavy atom. The molecule has 1 fully saturated rings. The van der Waals surface area contributed by atoms with Crippen LogP contribution in [0.4, 0.5) is 0 Å². The van der Waals surface area contributed by atoms with Crippen molar-refractivity contribution in [2.75, 3.05) is 14.2 Å². The van der Waals surface area contributed by atoms with Crippen molar-refractivity contribution in [2.24, 2.45) is 5.41 Å². The Balaban J connectivity index is 2.13. The summed E-state index contributed by atoms with van der Waals surface area (Å²) >= 11 is 0. The van der Waals surface area contributed by atoms with Gasteiger partial charge >= 0.3 is 5.97 Å². The van der Waals surface area contributed by atoms with Crippen molar-refractivity contribution >= 4 is 11.8 Å². The lowest BCUT2D eigenvalue weighted by molar-refractivity contribution is -0.223. The number of para-hydroxylation sites is 1. The summed E-state index contributed by atoms with van der Waals surface area (Å²) in [7, 11) is 2.83. The second-order valence-electron chi connectivity index (χ2n) is 5.48. The highest BCUT2D eigenvalue weighted by Gasteiger charge is 2.74. The largest absolute Gasteiger partial charge is 0.485 e. The fourth-order valence-electron chi connectivity index (χ4n) is 3.31. The monoisotopic (exact) mass is 276 g/mol. The molecule has 106 valence electrons. The number of ketones is 1. The van der Waals surface area contributed by atoms with Crippen molar-refractivity contribution in [3.8, 4) is 5.75 Å². The van der Waals surface area contributed by atoms with Gasteiger partial charge in [0.15, 0.2) is 17.3 Å². The minimum absolute atomic E-state index is 0.245. The highest BCUT2D eigenvalue weighted by molar-refractivity contribution is 6.16. The number of hydrogen-bond acceptors (Lipinski definition) is 5. The Labute approximate surface area is 116 Å². The summed E-state index contributed by atoms with van der Waals surface area (Å²) in [6.45, 7) is 1.83. The van der Waals surface area contributed by atoms with Crippen LogP contribution in [-0.2, 0) is 14.3 Å². The highest BCUT2D eigenvalue weighted by Crippen LogP contribution is 2.57. The molecule has 5 nitrogen and oxygen atoms in total. The molecule has 0 saturated heterocycles. The molecule has 0 aromatic heterocycles. The Morgan fingerprint density at radius 1 is 1.35 bits per heavy atom. The zero-order valence-electron chi connectivity index (χ0n) is 11.6. The fourth-order valence-corrected chi connectivity index (χ4v) is 3.31. The molecule has 0 amide bonds. The Hall–Kier alpha value is -1.88. The summed E-state index contributed by atoms with van der Waals surface area (Å²) in [6, 6.07) is 6.93. The number of methoxy groups -OCH3 is 2. The van der Waals surface area contributed by atoms with Crippen LogP contribution in [0, 0.1) is 5.41 Å². The molecule has 1 saturated carbocycles. The first-order valence-corrected chi connectivity index (χ1v) is 6.43. The molecule has 1 heterocycles. The van der Waals surface area contributed by atoms with Gasteiger partial charge in [-0.05, 0) is 19.1 Å². The van der Waals surface area contributed by atoms with E-state index in [0.29, 0.717) is 11.3 Å². The first-order valence-electron chi connectivity index (χ1n) is 6.43. The Morgan fingerprint density at radius 3 is 2.70 bits per heavy atom. The second kappa shape index (κ2) is 4.06. The second-order valence-corrected chi connectivity index (χ2v) is 5.48. The van der Waals surface area contributed by atoms with Crippen LogP contribution in [0.5, 0.6) is 5.75 Å². The molecule has 3 unspecified atom stereocenters. The van der Waals surface area contributed by atoms with E-state index in [4.69, 9.17) is 14.2 Å². The zero-order chi connectivity index (χ0) is 14.5. The predicted molar refractivity (Wildman–Crippen MR) is 69.7 cm³/mol. The van der Waals surface area contributed by atoms with Gasteiger partial charge in [-0.15, -0.1) is 0 Å².